The first kappa shape index (κ1) is 23.5. The number of thiophene rings is 1. The average molecular weight is 450 g/mol. The van der Waals surface area contributed by atoms with Crippen LogP contribution in [0.4, 0.5) is 10.5 Å². The fourth-order valence-corrected chi connectivity index (χ4v) is 4.39. The Morgan fingerprint density at radius 1 is 0.875 bits per heavy atom. The number of amides is 3. The summed E-state index contributed by atoms with van der Waals surface area (Å²) in [6.45, 7) is 7.63. The van der Waals surface area contributed by atoms with E-state index in [-0.39, 0.29) is 18.5 Å². The molecule has 0 unspecified atom stereocenters. The number of rotatable bonds is 9. The van der Waals surface area contributed by atoms with Crippen LogP contribution in [0.15, 0.2) is 66.7 Å². The van der Waals surface area contributed by atoms with Crippen LogP contribution in [0, 0.1) is 13.8 Å². The summed E-state index contributed by atoms with van der Waals surface area (Å²) >= 11 is 1.70. The number of carbonyl (C=O) groups is 2. The lowest BCUT2D eigenvalue weighted by molar-refractivity contribution is -0.133. The molecule has 0 radical (unpaired) electrons. The van der Waals surface area contributed by atoms with Crippen molar-refractivity contribution in [2.75, 3.05) is 18.4 Å². The summed E-state index contributed by atoms with van der Waals surface area (Å²) in [4.78, 5) is 32.2. The third kappa shape index (κ3) is 6.69. The van der Waals surface area contributed by atoms with Gasteiger partial charge >= 0.3 is 6.03 Å². The molecule has 168 valence electrons. The van der Waals surface area contributed by atoms with Crippen molar-refractivity contribution in [3.05, 3.63) is 87.6 Å². The molecule has 32 heavy (non-hydrogen) atoms. The van der Waals surface area contributed by atoms with Gasteiger partial charge in [0.1, 0.15) is 6.54 Å². The molecule has 1 heterocycles. The number of para-hydroxylation sites is 1. The molecule has 1 N–H and O–H groups in total. The highest BCUT2D eigenvalue weighted by molar-refractivity contribution is 7.11. The summed E-state index contributed by atoms with van der Waals surface area (Å²) in [5, 5.41) is 2.96. The van der Waals surface area contributed by atoms with Gasteiger partial charge in [0.2, 0.25) is 5.91 Å². The Balaban J connectivity index is 1.74. The number of hydrogen-bond acceptors (Lipinski definition) is 3. The second kappa shape index (κ2) is 11.5. The SMILES string of the molecule is CCCN(CC(=O)N(Cc1ccccc1)Cc1ccc(C)s1)C(=O)Nc1ccccc1C. The molecule has 2 aromatic carbocycles. The lowest BCUT2D eigenvalue weighted by atomic mass is 10.2. The van der Waals surface area contributed by atoms with E-state index in [9.17, 15) is 9.59 Å². The van der Waals surface area contributed by atoms with Crippen LogP contribution in [0.3, 0.4) is 0 Å². The van der Waals surface area contributed by atoms with Crippen molar-refractivity contribution in [2.45, 2.75) is 40.3 Å². The van der Waals surface area contributed by atoms with Crippen LogP contribution in [-0.4, -0.2) is 34.8 Å². The average Bonchev–Trinajstić information content (AvgIpc) is 3.19. The van der Waals surface area contributed by atoms with Gasteiger partial charge in [-0.3, -0.25) is 4.79 Å². The first-order valence-corrected chi connectivity index (χ1v) is 11.8. The van der Waals surface area contributed by atoms with Gasteiger partial charge in [0.05, 0.1) is 6.54 Å². The van der Waals surface area contributed by atoms with Crippen LogP contribution < -0.4 is 5.32 Å². The van der Waals surface area contributed by atoms with E-state index in [0.29, 0.717) is 19.6 Å². The minimum Gasteiger partial charge on any atom is -0.332 e. The van der Waals surface area contributed by atoms with Crippen LogP contribution in [0.2, 0.25) is 0 Å². The van der Waals surface area contributed by atoms with E-state index in [1.54, 1.807) is 16.2 Å². The molecule has 0 bridgehead atoms. The summed E-state index contributed by atoms with van der Waals surface area (Å²) in [7, 11) is 0. The quantitative estimate of drug-likeness (QED) is 0.446. The molecule has 0 aliphatic carbocycles. The molecule has 0 aliphatic rings. The van der Waals surface area contributed by atoms with Crippen molar-refractivity contribution in [1.82, 2.24) is 9.80 Å². The highest BCUT2D eigenvalue weighted by atomic mass is 32.1. The highest BCUT2D eigenvalue weighted by Crippen LogP contribution is 2.19. The summed E-state index contributed by atoms with van der Waals surface area (Å²) in [6.07, 6.45) is 0.775. The van der Waals surface area contributed by atoms with Crippen molar-refractivity contribution < 1.29 is 9.59 Å². The maximum Gasteiger partial charge on any atom is 0.322 e. The molecule has 0 aliphatic heterocycles. The summed E-state index contributed by atoms with van der Waals surface area (Å²) in [6, 6.07) is 21.5. The maximum absolute atomic E-state index is 13.4. The van der Waals surface area contributed by atoms with E-state index in [0.717, 1.165) is 28.1 Å². The summed E-state index contributed by atoms with van der Waals surface area (Å²) in [5.41, 5.74) is 2.82. The number of urea groups is 1. The molecule has 0 saturated heterocycles. The third-order valence-corrected chi connectivity index (χ3v) is 6.19. The van der Waals surface area contributed by atoms with Crippen LogP contribution in [0.1, 0.15) is 34.2 Å². The first-order valence-electron chi connectivity index (χ1n) is 10.9. The second-order valence-electron chi connectivity index (χ2n) is 7.91. The van der Waals surface area contributed by atoms with Gasteiger partial charge < -0.3 is 15.1 Å². The minimum atomic E-state index is -0.249. The van der Waals surface area contributed by atoms with Gasteiger partial charge in [-0.05, 0) is 49.6 Å². The lowest BCUT2D eigenvalue weighted by Gasteiger charge is -2.28. The number of benzene rings is 2. The van der Waals surface area contributed by atoms with Crippen molar-refractivity contribution in [3.63, 3.8) is 0 Å². The number of nitrogens with zero attached hydrogens (tertiary/aromatic N) is 2. The zero-order valence-corrected chi connectivity index (χ0v) is 19.8. The molecule has 0 atom stereocenters. The standard InChI is InChI=1S/C26H31N3O2S/c1-4-16-28(26(31)27-24-13-9-8-10-20(24)2)19-25(30)29(17-22-11-6-5-7-12-22)18-23-15-14-21(3)32-23/h5-15H,4,16-19H2,1-3H3,(H,27,31). The van der Waals surface area contributed by atoms with Gasteiger partial charge in [0.25, 0.3) is 0 Å². The monoisotopic (exact) mass is 449 g/mol. The molecule has 5 nitrogen and oxygen atoms in total. The number of nitrogens with one attached hydrogen (secondary N) is 1. The van der Waals surface area contributed by atoms with E-state index in [2.05, 4.69) is 24.4 Å². The second-order valence-corrected chi connectivity index (χ2v) is 9.29. The smallest absolute Gasteiger partial charge is 0.322 e. The molecular formula is C26H31N3O2S. The third-order valence-electron chi connectivity index (χ3n) is 5.21. The maximum atomic E-state index is 13.4. The summed E-state index contributed by atoms with van der Waals surface area (Å²) in [5.74, 6) is -0.0618. The molecule has 0 spiro atoms. The van der Waals surface area contributed by atoms with Crippen LogP contribution in [0.5, 0.6) is 0 Å². The van der Waals surface area contributed by atoms with Crippen molar-refractivity contribution in [1.29, 1.82) is 0 Å². The van der Waals surface area contributed by atoms with Gasteiger partial charge in [0.15, 0.2) is 0 Å². The van der Waals surface area contributed by atoms with Crippen LogP contribution in [-0.2, 0) is 17.9 Å². The Morgan fingerprint density at radius 2 is 1.59 bits per heavy atom. The minimum absolute atomic E-state index is 0.0444. The fraction of sp³-hybridized carbons (Fsp3) is 0.308. The number of anilines is 1. The molecule has 3 amide bonds. The topological polar surface area (TPSA) is 52.7 Å². The van der Waals surface area contributed by atoms with E-state index in [1.165, 1.54) is 4.88 Å². The van der Waals surface area contributed by atoms with Crippen molar-refractivity contribution >= 4 is 29.0 Å². The van der Waals surface area contributed by atoms with Gasteiger partial charge in [-0.15, -0.1) is 11.3 Å². The largest absolute Gasteiger partial charge is 0.332 e. The normalized spacial score (nSPS) is 10.6. The predicted molar refractivity (Wildman–Crippen MR) is 132 cm³/mol. The first-order chi connectivity index (χ1) is 15.5. The molecule has 3 rings (SSSR count). The fourth-order valence-electron chi connectivity index (χ4n) is 3.49. The zero-order chi connectivity index (χ0) is 22.9. The number of hydrogen-bond donors (Lipinski definition) is 1. The Morgan fingerprint density at radius 3 is 2.25 bits per heavy atom. The molecule has 1 aromatic heterocycles. The van der Waals surface area contributed by atoms with Gasteiger partial charge in [0, 0.05) is 28.5 Å². The lowest BCUT2D eigenvalue weighted by Crippen LogP contribution is -2.44. The Bertz CT molecular complexity index is 1030. The van der Waals surface area contributed by atoms with E-state index in [1.807, 2.05) is 73.3 Å². The van der Waals surface area contributed by atoms with Crippen LogP contribution in [0.25, 0.3) is 0 Å². The van der Waals surface area contributed by atoms with Gasteiger partial charge in [-0.2, -0.15) is 0 Å². The molecule has 0 saturated carbocycles. The molecular weight excluding hydrogens is 418 g/mol. The van der Waals surface area contributed by atoms with E-state index >= 15 is 0 Å². The zero-order valence-electron chi connectivity index (χ0n) is 19.0. The van der Waals surface area contributed by atoms with Crippen molar-refractivity contribution in [3.8, 4) is 0 Å². The number of carbonyl (C=O) groups excluding carboxylic acids is 2. The molecule has 6 heteroatoms. The van der Waals surface area contributed by atoms with Gasteiger partial charge in [-0.1, -0.05) is 55.5 Å². The van der Waals surface area contributed by atoms with Crippen LogP contribution >= 0.6 is 11.3 Å². The predicted octanol–water partition coefficient (Wildman–Crippen LogP) is 5.84. The van der Waals surface area contributed by atoms with Crippen molar-refractivity contribution in [2.24, 2.45) is 0 Å². The summed E-state index contributed by atoms with van der Waals surface area (Å²) < 4.78 is 0. The van der Waals surface area contributed by atoms with Gasteiger partial charge in [-0.25, -0.2) is 4.79 Å². The Hall–Kier alpha value is -3.12. The van der Waals surface area contributed by atoms with E-state index in [4.69, 9.17) is 0 Å². The number of aryl methyl sites for hydroxylation is 2. The Labute approximate surface area is 194 Å². The molecule has 0 fully saturated rings. The molecule has 3 aromatic rings. The highest BCUT2D eigenvalue weighted by Gasteiger charge is 2.22. The van der Waals surface area contributed by atoms with E-state index < -0.39 is 0 Å². The Kier molecular flexibility index (Phi) is 8.45.